The SMILES string of the molecule is CN1CC[C@]2(c3ccc4c(c3)SC3(COC3)S4)CCC(=O)C[C@H]12. The van der Waals surface area contributed by atoms with E-state index in [1.807, 2.05) is 23.5 Å². The molecule has 4 aliphatic rings. The molecular formula is C18H21NO2S2. The summed E-state index contributed by atoms with van der Waals surface area (Å²) in [4.78, 5) is 17.2. The number of nitrogens with zero attached hydrogens (tertiary/aromatic N) is 1. The monoisotopic (exact) mass is 347 g/mol. The summed E-state index contributed by atoms with van der Waals surface area (Å²) in [7, 11) is 2.18. The maximum absolute atomic E-state index is 12.0. The largest absolute Gasteiger partial charge is 0.377 e. The molecule has 3 nitrogen and oxygen atoms in total. The van der Waals surface area contributed by atoms with E-state index in [-0.39, 0.29) is 9.49 Å². The number of fused-ring (bicyclic) bond motifs is 2. The molecule has 1 aromatic carbocycles. The fourth-order valence-electron chi connectivity index (χ4n) is 4.71. The zero-order valence-corrected chi connectivity index (χ0v) is 15.0. The van der Waals surface area contributed by atoms with E-state index in [1.54, 1.807) is 0 Å². The molecule has 3 heterocycles. The number of benzene rings is 1. The fourth-order valence-corrected chi connectivity index (χ4v) is 7.69. The summed E-state index contributed by atoms with van der Waals surface area (Å²) in [6.45, 7) is 2.82. The maximum Gasteiger partial charge on any atom is 0.134 e. The van der Waals surface area contributed by atoms with E-state index in [2.05, 4.69) is 30.1 Å². The number of ether oxygens (including phenoxy) is 1. The van der Waals surface area contributed by atoms with Crippen LogP contribution in [-0.2, 0) is 14.9 Å². The van der Waals surface area contributed by atoms with E-state index >= 15 is 0 Å². The minimum atomic E-state index is 0.189. The van der Waals surface area contributed by atoms with Gasteiger partial charge in [0.05, 0.1) is 13.2 Å². The quantitative estimate of drug-likeness (QED) is 0.778. The Morgan fingerprint density at radius 2 is 2.04 bits per heavy atom. The smallest absolute Gasteiger partial charge is 0.134 e. The highest BCUT2D eigenvalue weighted by Crippen LogP contribution is 2.60. The van der Waals surface area contributed by atoms with Crippen LogP contribution < -0.4 is 0 Å². The van der Waals surface area contributed by atoms with Gasteiger partial charge in [-0.15, -0.1) is 23.5 Å². The third kappa shape index (κ3) is 2.10. The highest BCUT2D eigenvalue weighted by Gasteiger charge is 2.51. The van der Waals surface area contributed by atoms with Crippen LogP contribution in [0.5, 0.6) is 0 Å². The number of hydrogen-bond acceptors (Lipinski definition) is 5. The standard InChI is InChI=1S/C18H21NO2S2/c1-19-7-6-17(5-4-13(20)9-16(17)19)12-2-3-14-15(8-12)23-18(22-14)10-21-11-18/h2-3,8,16H,4-7,9-11H2,1H3/t16-,17-/m0/s1. The van der Waals surface area contributed by atoms with Crippen molar-refractivity contribution < 1.29 is 9.53 Å². The zero-order valence-electron chi connectivity index (χ0n) is 13.3. The predicted molar refractivity (Wildman–Crippen MR) is 93.3 cm³/mol. The Hall–Kier alpha value is -0.490. The third-order valence-corrected chi connectivity index (χ3v) is 9.08. The van der Waals surface area contributed by atoms with E-state index in [9.17, 15) is 4.79 Å². The molecule has 5 heteroatoms. The molecule has 23 heavy (non-hydrogen) atoms. The lowest BCUT2D eigenvalue weighted by Crippen LogP contribution is -2.46. The van der Waals surface area contributed by atoms with Crippen molar-refractivity contribution in [3.05, 3.63) is 23.8 Å². The highest BCUT2D eigenvalue weighted by molar-refractivity contribution is 8.21. The average Bonchev–Trinajstić information content (AvgIpc) is 3.06. The first-order valence-corrected chi connectivity index (χ1v) is 10.1. The van der Waals surface area contributed by atoms with Crippen LogP contribution in [0.15, 0.2) is 28.0 Å². The molecule has 3 aliphatic heterocycles. The summed E-state index contributed by atoms with van der Waals surface area (Å²) in [5.74, 6) is 0.441. The van der Waals surface area contributed by atoms with E-state index in [0.717, 1.165) is 39.0 Å². The molecule has 2 atom stereocenters. The fraction of sp³-hybridized carbons (Fsp3) is 0.611. The van der Waals surface area contributed by atoms with Crippen LogP contribution in [-0.4, -0.2) is 47.6 Å². The number of ketones is 1. The summed E-state index contributed by atoms with van der Waals surface area (Å²) < 4.78 is 5.69. The Kier molecular flexibility index (Phi) is 3.23. The molecule has 0 aromatic heterocycles. The zero-order chi connectivity index (χ0) is 15.7. The summed E-state index contributed by atoms with van der Waals surface area (Å²) in [5.41, 5.74) is 1.65. The molecule has 0 radical (unpaired) electrons. The summed E-state index contributed by atoms with van der Waals surface area (Å²) >= 11 is 3.97. The first kappa shape index (κ1) is 14.8. The molecule has 1 aliphatic carbocycles. The number of Topliss-reactive ketones (excluding diaryl/α,β-unsaturated/α-hetero) is 1. The highest BCUT2D eigenvalue weighted by atomic mass is 32.2. The van der Waals surface area contributed by atoms with Crippen LogP contribution in [0.4, 0.5) is 0 Å². The van der Waals surface area contributed by atoms with Crippen molar-refractivity contribution in [2.75, 3.05) is 26.8 Å². The third-order valence-electron chi connectivity index (χ3n) is 6.11. The van der Waals surface area contributed by atoms with Gasteiger partial charge in [0, 0.05) is 34.1 Å². The van der Waals surface area contributed by atoms with Gasteiger partial charge in [-0.1, -0.05) is 6.07 Å². The Balaban J connectivity index is 1.52. The van der Waals surface area contributed by atoms with Crippen molar-refractivity contribution in [1.29, 1.82) is 0 Å². The van der Waals surface area contributed by atoms with E-state index in [1.165, 1.54) is 21.8 Å². The van der Waals surface area contributed by atoms with Gasteiger partial charge in [0.15, 0.2) is 0 Å². The molecule has 5 rings (SSSR count). The van der Waals surface area contributed by atoms with Gasteiger partial charge in [-0.2, -0.15) is 0 Å². The van der Waals surface area contributed by atoms with Crippen LogP contribution in [0, 0.1) is 0 Å². The lowest BCUT2D eigenvalue weighted by atomic mass is 9.66. The Morgan fingerprint density at radius 3 is 2.83 bits per heavy atom. The maximum atomic E-state index is 12.0. The molecular weight excluding hydrogens is 326 g/mol. The number of hydrogen-bond donors (Lipinski definition) is 0. The summed E-state index contributed by atoms with van der Waals surface area (Å²) in [6.07, 6.45) is 3.69. The van der Waals surface area contributed by atoms with Crippen LogP contribution >= 0.6 is 23.5 Å². The van der Waals surface area contributed by atoms with Crippen LogP contribution in [0.25, 0.3) is 0 Å². The molecule has 1 spiro atoms. The van der Waals surface area contributed by atoms with Crippen molar-refractivity contribution in [3.63, 3.8) is 0 Å². The van der Waals surface area contributed by atoms with Gasteiger partial charge in [0.1, 0.15) is 9.86 Å². The molecule has 1 saturated carbocycles. The van der Waals surface area contributed by atoms with E-state index in [4.69, 9.17) is 4.74 Å². The van der Waals surface area contributed by atoms with Crippen molar-refractivity contribution in [2.24, 2.45) is 0 Å². The molecule has 2 saturated heterocycles. The molecule has 0 bridgehead atoms. The van der Waals surface area contributed by atoms with Crippen LogP contribution in [0.2, 0.25) is 0 Å². The van der Waals surface area contributed by atoms with Gasteiger partial charge < -0.3 is 9.64 Å². The second-order valence-electron chi connectivity index (χ2n) is 7.41. The second kappa shape index (κ2) is 5.01. The van der Waals surface area contributed by atoms with Crippen LogP contribution in [0.1, 0.15) is 31.2 Å². The molecule has 0 amide bonds. The Labute approximate surface area is 145 Å². The lowest BCUT2D eigenvalue weighted by Gasteiger charge is -2.41. The van der Waals surface area contributed by atoms with Crippen LogP contribution in [0.3, 0.4) is 0 Å². The Morgan fingerprint density at radius 1 is 1.22 bits per heavy atom. The van der Waals surface area contributed by atoms with Gasteiger partial charge in [-0.05, 0) is 44.1 Å². The topological polar surface area (TPSA) is 29.5 Å². The number of likely N-dealkylation sites (N-methyl/N-ethyl adjacent to an activating group) is 1. The number of likely N-dealkylation sites (tertiary alicyclic amines) is 1. The van der Waals surface area contributed by atoms with E-state index in [0.29, 0.717) is 11.8 Å². The summed E-state index contributed by atoms with van der Waals surface area (Å²) in [5, 5.41) is 0. The molecule has 0 N–H and O–H groups in total. The van der Waals surface area contributed by atoms with Crippen molar-refractivity contribution >= 4 is 29.3 Å². The predicted octanol–water partition coefficient (Wildman–Crippen LogP) is 3.31. The van der Waals surface area contributed by atoms with Crippen molar-refractivity contribution in [1.82, 2.24) is 4.90 Å². The van der Waals surface area contributed by atoms with Gasteiger partial charge >= 0.3 is 0 Å². The number of carbonyl (C=O) groups is 1. The first-order valence-electron chi connectivity index (χ1n) is 8.43. The minimum absolute atomic E-state index is 0.189. The van der Waals surface area contributed by atoms with Crippen molar-refractivity contribution in [3.8, 4) is 0 Å². The van der Waals surface area contributed by atoms with Gasteiger partial charge in [-0.3, -0.25) is 4.79 Å². The number of rotatable bonds is 1. The molecule has 1 aromatic rings. The normalized spacial score (nSPS) is 35.2. The Bertz CT molecular complexity index is 688. The van der Waals surface area contributed by atoms with Crippen molar-refractivity contribution in [2.45, 2.75) is 51.0 Å². The second-order valence-corrected chi connectivity index (χ2v) is 10.5. The van der Waals surface area contributed by atoms with Gasteiger partial charge in [0.2, 0.25) is 0 Å². The molecule has 122 valence electrons. The molecule has 3 fully saturated rings. The minimum Gasteiger partial charge on any atom is -0.377 e. The number of thioether (sulfide) groups is 2. The van der Waals surface area contributed by atoms with Gasteiger partial charge in [0.25, 0.3) is 0 Å². The molecule has 0 unspecified atom stereocenters. The number of carbonyl (C=O) groups excluding carboxylic acids is 1. The summed E-state index contributed by atoms with van der Waals surface area (Å²) in [6, 6.07) is 7.48. The average molecular weight is 348 g/mol. The lowest BCUT2D eigenvalue weighted by molar-refractivity contribution is -0.122. The van der Waals surface area contributed by atoms with E-state index < -0.39 is 0 Å². The van der Waals surface area contributed by atoms with Gasteiger partial charge in [-0.25, -0.2) is 0 Å². The first-order chi connectivity index (χ1) is 11.1.